The maximum Gasteiger partial charge on any atom is 0.166 e. The van der Waals surface area contributed by atoms with Crippen molar-refractivity contribution in [1.82, 2.24) is 4.57 Å². The Hall–Kier alpha value is -1.17. The second kappa shape index (κ2) is 5.79. The van der Waals surface area contributed by atoms with Gasteiger partial charge in [0.25, 0.3) is 0 Å². The van der Waals surface area contributed by atoms with Crippen LogP contribution in [0.15, 0.2) is 12.3 Å². The summed E-state index contributed by atoms with van der Waals surface area (Å²) in [5.74, 6) is 0. The van der Waals surface area contributed by atoms with Gasteiger partial charge < -0.3 is 19.9 Å². The molecule has 0 amide bonds. The fourth-order valence-corrected chi connectivity index (χ4v) is 1.63. The molecule has 16 heavy (non-hydrogen) atoms. The van der Waals surface area contributed by atoms with Crippen molar-refractivity contribution in [2.24, 2.45) is 0 Å². The van der Waals surface area contributed by atoms with E-state index in [2.05, 4.69) is 0 Å². The quantitative estimate of drug-likeness (QED) is 0.602. The van der Waals surface area contributed by atoms with Gasteiger partial charge in [-0.25, -0.2) is 0 Å². The number of aliphatic hydroxyl groups is 3. The summed E-state index contributed by atoms with van der Waals surface area (Å²) >= 11 is 0. The van der Waals surface area contributed by atoms with Crippen LogP contribution in [0.25, 0.3) is 0 Å². The Morgan fingerprint density at radius 2 is 2.19 bits per heavy atom. The van der Waals surface area contributed by atoms with Crippen LogP contribution in [0.2, 0.25) is 0 Å². The minimum atomic E-state index is -1.27. The number of carbonyl (C=O) groups excluding carboxylic acids is 1. The number of aromatic nitrogens is 1. The van der Waals surface area contributed by atoms with Crippen molar-refractivity contribution in [3.05, 3.63) is 23.5 Å². The fraction of sp³-hybridized carbons (Fsp3) is 0.545. The highest BCUT2D eigenvalue weighted by Crippen LogP contribution is 2.21. The molecule has 0 radical (unpaired) electrons. The monoisotopic (exact) mass is 227 g/mol. The Kier molecular flexibility index (Phi) is 4.67. The topological polar surface area (TPSA) is 82.7 Å². The average Bonchev–Trinajstić information content (AvgIpc) is 2.70. The van der Waals surface area contributed by atoms with Crippen molar-refractivity contribution in [2.75, 3.05) is 6.61 Å². The van der Waals surface area contributed by atoms with Gasteiger partial charge in [-0.1, -0.05) is 6.92 Å². The molecule has 5 heteroatoms. The molecule has 0 bridgehead atoms. The molecule has 0 aromatic carbocycles. The van der Waals surface area contributed by atoms with Crippen molar-refractivity contribution in [3.63, 3.8) is 0 Å². The highest BCUT2D eigenvalue weighted by atomic mass is 16.4. The molecule has 3 N–H and O–H groups in total. The van der Waals surface area contributed by atoms with Gasteiger partial charge in [-0.2, -0.15) is 0 Å². The van der Waals surface area contributed by atoms with Crippen LogP contribution in [-0.2, 0) is 6.54 Å². The summed E-state index contributed by atoms with van der Waals surface area (Å²) in [7, 11) is 0. The lowest BCUT2D eigenvalue weighted by molar-refractivity contribution is -0.0155. The molecule has 2 unspecified atom stereocenters. The SMILES string of the molecule is CCCn1ccc(C(O)C(O)CO)c1C=O. The van der Waals surface area contributed by atoms with Crippen molar-refractivity contribution in [1.29, 1.82) is 0 Å². The first kappa shape index (κ1) is 12.9. The molecule has 0 saturated carbocycles. The van der Waals surface area contributed by atoms with Crippen LogP contribution in [0, 0.1) is 0 Å². The van der Waals surface area contributed by atoms with Crippen LogP contribution in [0.4, 0.5) is 0 Å². The summed E-state index contributed by atoms with van der Waals surface area (Å²) < 4.78 is 1.72. The Labute approximate surface area is 93.9 Å². The average molecular weight is 227 g/mol. The summed E-state index contributed by atoms with van der Waals surface area (Å²) in [6, 6.07) is 1.59. The second-order valence-corrected chi connectivity index (χ2v) is 3.66. The summed E-state index contributed by atoms with van der Waals surface area (Å²) in [4.78, 5) is 10.9. The first-order valence-electron chi connectivity index (χ1n) is 5.26. The largest absolute Gasteiger partial charge is 0.394 e. The van der Waals surface area contributed by atoms with Crippen molar-refractivity contribution in [3.8, 4) is 0 Å². The van der Waals surface area contributed by atoms with Gasteiger partial charge in [-0.15, -0.1) is 0 Å². The van der Waals surface area contributed by atoms with E-state index in [1.54, 1.807) is 16.8 Å². The Balaban J connectivity index is 3.00. The molecule has 0 saturated heterocycles. The second-order valence-electron chi connectivity index (χ2n) is 3.66. The predicted molar refractivity (Wildman–Crippen MR) is 58.2 cm³/mol. The number of aldehydes is 1. The van der Waals surface area contributed by atoms with Gasteiger partial charge >= 0.3 is 0 Å². The highest BCUT2D eigenvalue weighted by Gasteiger charge is 2.22. The zero-order valence-electron chi connectivity index (χ0n) is 9.21. The van der Waals surface area contributed by atoms with Crippen molar-refractivity contribution in [2.45, 2.75) is 32.1 Å². The summed E-state index contributed by atoms with van der Waals surface area (Å²) in [5.41, 5.74) is 0.701. The summed E-state index contributed by atoms with van der Waals surface area (Å²) in [6.45, 7) is 2.11. The van der Waals surface area contributed by atoms with Crippen LogP contribution < -0.4 is 0 Å². The minimum Gasteiger partial charge on any atom is -0.394 e. The number of hydrogen-bond acceptors (Lipinski definition) is 4. The highest BCUT2D eigenvalue weighted by molar-refractivity contribution is 5.75. The fourth-order valence-electron chi connectivity index (χ4n) is 1.63. The van der Waals surface area contributed by atoms with E-state index in [-0.39, 0.29) is 0 Å². The van der Waals surface area contributed by atoms with E-state index < -0.39 is 18.8 Å². The molecular formula is C11H17NO4. The zero-order chi connectivity index (χ0) is 12.1. The molecule has 5 nitrogen and oxygen atoms in total. The maximum absolute atomic E-state index is 10.9. The van der Waals surface area contributed by atoms with E-state index in [0.717, 1.165) is 6.42 Å². The van der Waals surface area contributed by atoms with E-state index in [9.17, 15) is 15.0 Å². The lowest BCUT2D eigenvalue weighted by Gasteiger charge is -2.15. The lowest BCUT2D eigenvalue weighted by atomic mass is 10.1. The van der Waals surface area contributed by atoms with Crippen molar-refractivity contribution < 1.29 is 20.1 Å². The van der Waals surface area contributed by atoms with E-state index >= 15 is 0 Å². The van der Waals surface area contributed by atoms with Crippen LogP contribution in [0.5, 0.6) is 0 Å². The third-order valence-corrected chi connectivity index (χ3v) is 2.49. The van der Waals surface area contributed by atoms with Gasteiger partial charge in [0.15, 0.2) is 6.29 Å². The number of aryl methyl sites for hydroxylation is 1. The molecule has 1 heterocycles. The Bertz CT molecular complexity index is 348. The molecular weight excluding hydrogens is 210 g/mol. The molecule has 0 aliphatic heterocycles. The standard InChI is InChI=1S/C11H17NO4/c1-2-4-12-5-3-8(9(12)6-13)11(16)10(15)7-14/h3,5-6,10-11,14-16H,2,4,7H2,1H3. The van der Waals surface area contributed by atoms with E-state index in [1.165, 1.54) is 0 Å². The van der Waals surface area contributed by atoms with Crippen molar-refractivity contribution >= 4 is 6.29 Å². The molecule has 2 atom stereocenters. The number of hydrogen-bond donors (Lipinski definition) is 3. The van der Waals surface area contributed by atoms with E-state index in [0.29, 0.717) is 24.1 Å². The predicted octanol–water partition coefficient (Wildman–Crippen LogP) is 0.0972. The number of rotatable bonds is 6. The number of aliphatic hydroxyl groups excluding tert-OH is 3. The van der Waals surface area contributed by atoms with Gasteiger partial charge in [0, 0.05) is 18.3 Å². The van der Waals surface area contributed by atoms with Gasteiger partial charge in [0.1, 0.15) is 12.2 Å². The van der Waals surface area contributed by atoms with Gasteiger partial charge in [-0.3, -0.25) is 4.79 Å². The molecule has 0 fully saturated rings. The molecule has 0 spiro atoms. The van der Waals surface area contributed by atoms with Crippen LogP contribution >= 0.6 is 0 Å². The van der Waals surface area contributed by atoms with E-state index in [1.807, 2.05) is 6.92 Å². The van der Waals surface area contributed by atoms with Crippen LogP contribution in [-0.4, -0.2) is 38.9 Å². The third kappa shape index (κ3) is 2.49. The first-order valence-corrected chi connectivity index (χ1v) is 5.26. The summed E-state index contributed by atoms with van der Waals surface area (Å²) in [5, 5.41) is 27.7. The number of carbonyl (C=O) groups is 1. The van der Waals surface area contributed by atoms with Crippen LogP contribution in [0.3, 0.4) is 0 Å². The van der Waals surface area contributed by atoms with Gasteiger partial charge in [0.2, 0.25) is 0 Å². The maximum atomic E-state index is 10.9. The zero-order valence-corrected chi connectivity index (χ0v) is 9.21. The molecule has 0 aliphatic carbocycles. The molecule has 1 aromatic heterocycles. The van der Waals surface area contributed by atoms with Gasteiger partial charge in [-0.05, 0) is 12.5 Å². The molecule has 0 aliphatic rings. The minimum absolute atomic E-state index is 0.349. The third-order valence-electron chi connectivity index (χ3n) is 2.49. The summed E-state index contributed by atoms with van der Waals surface area (Å²) in [6.07, 6.45) is 0.710. The van der Waals surface area contributed by atoms with Crippen LogP contribution in [0.1, 0.15) is 35.5 Å². The molecule has 1 aromatic rings. The Morgan fingerprint density at radius 3 is 2.69 bits per heavy atom. The number of nitrogens with zero attached hydrogens (tertiary/aromatic N) is 1. The first-order chi connectivity index (χ1) is 7.65. The smallest absolute Gasteiger partial charge is 0.166 e. The Morgan fingerprint density at radius 1 is 1.50 bits per heavy atom. The molecule has 1 rings (SSSR count). The molecule has 90 valence electrons. The lowest BCUT2D eigenvalue weighted by Crippen LogP contribution is -2.23. The van der Waals surface area contributed by atoms with E-state index in [4.69, 9.17) is 5.11 Å². The normalized spacial score (nSPS) is 14.8. The van der Waals surface area contributed by atoms with Gasteiger partial charge in [0.05, 0.1) is 12.3 Å².